The first kappa shape index (κ1) is 22.0. The predicted octanol–water partition coefficient (Wildman–Crippen LogP) is 3.88. The SMILES string of the molecule is [2H]C([2H])([2H])C(=O)OCCN1CCN(c2cc(Nc3ncc(C(=O)Nc4c(C)cccc4Cl)s3)nc(C)n2)CC1. The number of nitrogens with zero attached hydrogens (tertiary/aromatic N) is 5. The molecular weight excluding hydrogens is 502 g/mol. The maximum absolute atomic E-state index is 12.8. The highest BCUT2D eigenvalue weighted by molar-refractivity contribution is 7.17. The Hall–Kier alpha value is -3.28. The number of amides is 1. The molecule has 1 aliphatic heterocycles. The molecule has 1 aliphatic rings. The van der Waals surface area contributed by atoms with E-state index >= 15 is 0 Å². The summed E-state index contributed by atoms with van der Waals surface area (Å²) in [6, 6.07) is 7.24. The van der Waals surface area contributed by atoms with Crippen molar-refractivity contribution in [3.8, 4) is 0 Å². The molecule has 1 amide bonds. The van der Waals surface area contributed by atoms with Gasteiger partial charge < -0.3 is 20.3 Å². The second kappa shape index (κ2) is 11.6. The van der Waals surface area contributed by atoms with Crippen LogP contribution in [0.4, 0.5) is 22.5 Å². The normalized spacial score (nSPS) is 15.5. The number of aryl methyl sites for hydroxylation is 2. The van der Waals surface area contributed by atoms with Gasteiger partial charge in [-0.25, -0.2) is 15.0 Å². The Labute approximate surface area is 222 Å². The van der Waals surface area contributed by atoms with Crippen LogP contribution in [0.2, 0.25) is 5.02 Å². The molecule has 0 radical (unpaired) electrons. The number of hydrogen-bond acceptors (Lipinski definition) is 10. The van der Waals surface area contributed by atoms with E-state index in [1.54, 1.807) is 13.0 Å². The van der Waals surface area contributed by atoms with Crippen LogP contribution < -0.4 is 15.5 Å². The summed E-state index contributed by atoms with van der Waals surface area (Å²) in [6.07, 6.45) is 1.50. The quantitative estimate of drug-likeness (QED) is 0.417. The van der Waals surface area contributed by atoms with Gasteiger partial charge in [-0.15, -0.1) is 0 Å². The molecule has 12 heteroatoms. The Morgan fingerprint density at radius 3 is 2.78 bits per heavy atom. The van der Waals surface area contributed by atoms with Gasteiger partial charge in [0.2, 0.25) is 0 Å². The Balaban J connectivity index is 1.33. The fraction of sp³-hybridized carbons (Fsp3) is 0.375. The number of hydrogen-bond donors (Lipinski definition) is 2. The van der Waals surface area contributed by atoms with Crippen LogP contribution >= 0.6 is 22.9 Å². The Morgan fingerprint density at radius 2 is 2.03 bits per heavy atom. The maximum atomic E-state index is 12.8. The molecule has 2 N–H and O–H groups in total. The van der Waals surface area contributed by atoms with Gasteiger partial charge in [-0.2, -0.15) is 0 Å². The van der Waals surface area contributed by atoms with Gasteiger partial charge in [0.25, 0.3) is 5.91 Å². The zero-order chi connectivity index (χ0) is 28.2. The molecule has 0 bridgehead atoms. The number of carbonyl (C=O) groups is 2. The number of para-hydroxylation sites is 1. The van der Waals surface area contributed by atoms with Crippen molar-refractivity contribution >= 4 is 57.3 Å². The van der Waals surface area contributed by atoms with Crippen molar-refractivity contribution in [2.24, 2.45) is 0 Å². The number of anilines is 4. The summed E-state index contributed by atoms with van der Waals surface area (Å²) in [4.78, 5) is 42.1. The Bertz CT molecular complexity index is 1330. The molecule has 1 saturated heterocycles. The van der Waals surface area contributed by atoms with Crippen LogP contribution in [0.5, 0.6) is 0 Å². The lowest BCUT2D eigenvalue weighted by Gasteiger charge is -2.35. The van der Waals surface area contributed by atoms with Gasteiger partial charge >= 0.3 is 5.97 Å². The minimum absolute atomic E-state index is 0.0315. The van der Waals surface area contributed by atoms with Crippen LogP contribution in [0.3, 0.4) is 0 Å². The Morgan fingerprint density at radius 1 is 1.22 bits per heavy atom. The molecule has 190 valence electrons. The molecule has 2 aromatic heterocycles. The molecule has 10 nitrogen and oxygen atoms in total. The third-order valence-corrected chi connectivity index (χ3v) is 6.81. The molecule has 0 spiro atoms. The first-order chi connectivity index (χ1) is 18.5. The second-order valence-corrected chi connectivity index (χ2v) is 9.60. The van der Waals surface area contributed by atoms with E-state index in [0.717, 1.165) is 11.4 Å². The highest BCUT2D eigenvalue weighted by Crippen LogP contribution is 2.28. The summed E-state index contributed by atoms with van der Waals surface area (Å²) in [5.74, 6) is 0.406. The highest BCUT2D eigenvalue weighted by Gasteiger charge is 2.20. The van der Waals surface area contributed by atoms with E-state index in [0.29, 0.717) is 65.1 Å². The van der Waals surface area contributed by atoms with Gasteiger partial charge in [-0.1, -0.05) is 35.1 Å². The largest absolute Gasteiger partial charge is 0.465 e. The second-order valence-electron chi connectivity index (χ2n) is 8.16. The lowest BCUT2D eigenvalue weighted by atomic mass is 10.2. The molecule has 3 heterocycles. The van der Waals surface area contributed by atoms with E-state index in [1.165, 1.54) is 17.5 Å². The number of piperazine rings is 1. The standard InChI is InChI=1S/C24H28ClN7O3S/c1-15-5-4-6-18(25)22(15)30-23(34)19-14-26-24(36-19)29-20-13-21(28-16(2)27-20)32-9-7-31(8-10-32)11-12-35-17(3)33/h4-6,13-14H,7-12H2,1-3H3,(H,30,34)(H,26,27,28,29)/i3D3. The molecule has 36 heavy (non-hydrogen) atoms. The average molecular weight is 533 g/mol. The molecule has 0 atom stereocenters. The van der Waals surface area contributed by atoms with Crippen molar-refractivity contribution in [2.45, 2.75) is 20.7 Å². The summed E-state index contributed by atoms with van der Waals surface area (Å²) >= 11 is 7.42. The first-order valence-electron chi connectivity index (χ1n) is 12.8. The molecule has 1 aromatic carbocycles. The lowest BCUT2D eigenvalue weighted by molar-refractivity contribution is -0.141. The summed E-state index contributed by atoms with van der Waals surface area (Å²) < 4.78 is 26.0. The van der Waals surface area contributed by atoms with Crippen molar-refractivity contribution in [3.05, 3.63) is 51.7 Å². The van der Waals surface area contributed by atoms with Gasteiger partial charge in [-0.3, -0.25) is 14.5 Å². The van der Waals surface area contributed by atoms with E-state index in [-0.39, 0.29) is 12.5 Å². The van der Waals surface area contributed by atoms with Crippen molar-refractivity contribution in [3.63, 3.8) is 0 Å². The van der Waals surface area contributed by atoms with Crippen molar-refractivity contribution in [2.75, 3.05) is 54.9 Å². The third-order valence-electron chi connectivity index (χ3n) is 5.59. The highest BCUT2D eigenvalue weighted by atomic mass is 35.5. The van der Waals surface area contributed by atoms with Crippen LogP contribution in [-0.2, 0) is 9.53 Å². The van der Waals surface area contributed by atoms with Gasteiger partial charge in [-0.05, 0) is 25.5 Å². The fourth-order valence-electron chi connectivity index (χ4n) is 3.76. The third kappa shape index (κ3) is 6.68. The summed E-state index contributed by atoms with van der Waals surface area (Å²) in [5.41, 5.74) is 1.43. The van der Waals surface area contributed by atoms with E-state index in [4.69, 9.17) is 20.5 Å². The van der Waals surface area contributed by atoms with Crippen molar-refractivity contribution in [1.82, 2.24) is 19.9 Å². The summed E-state index contributed by atoms with van der Waals surface area (Å²) in [7, 11) is 0. The van der Waals surface area contributed by atoms with Crippen LogP contribution in [0.1, 0.15) is 32.0 Å². The zero-order valence-corrected chi connectivity index (χ0v) is 21.4. The smallest absolute Gasteiger partial charge is 0.302 e. The number of esters is 1. The summed E-state index contributed by atoms with van der Waals surface area (Å²) in [6.45, 7) is 4.20. The zero-order valence-electron chi connectivity index (χ0n) is 22.9. The molecule has 0 unspecified atom stereocenters. The van der Waals surface area contributed by atoms with Gasteiger partial charge in [0.15, 0.2) is 5.13 Å². The molecule has 4 rings (SSSR count). The van der Waals surface area contributed by atoms with Crippen molar-refractivity contribution in [1.29, 1.82) is 0 Å². The van der Waals surface area contributed by atoms with E-state index < -0.39 is 12.8 Å². The molecular formula is C24H28ClN7O3S. The Kier molecular flexibility index (Phi) is 7.10. The number of aromatic nitrogens is 3. The van der Waals surface area contributed by atoms with E-state index in [9.17, 15) is 9.59 Å². The number of rotatable bonds is 8. The van der Waals surface area contributed by atoms with Gasteiger partial charge in [0.1, 0.15) is 28.9 Å². The number of benzene rings is 1. The van der Waals surface area contributed by atoms with Gasteiger partial charge in [0.05, 0.1) is 16.9 Å². The topological polar surface area (TPSA) is 113 Å². The van der Waals surface area contributed by atoms with Crippen LogP contribution in [-0.4, -0.2) is 71.1 Å². The van der Waals surface area contributed by atoms with E-state index in [2.05, 4.69) is 35.4 Å². The van der Waals surface area contributed by atoms with Crippen LogP contribution in [0.25, 0.3) is 0 Å². The number of carbonyl (C=O) groups excluding carboxylic acids is 2. The number of halogens is 1. The average Bonchev–Trinajstić information content (AvgIpc) is 3.34. The van der Waals surface area contributed by atoms with E-state index in [1.807, 2.05) is 25.1 Å². The lowest BCUT2D eigenvalue weighted by Crippen LogP contribution is -2.47. The first-order valence-corrected chi connectivity index (χ1v) is 12.5. The summed E-state index contributed by atoms with van der Waals surface area (Å²) in [5, 5.41) is 6.99. The predicted molar refractivity (Wildman–Crippen MR) is 142 cm³/mol. The van der Waals surface area contributed by atoms with Crippen molar-refractivity contribution < 1.29 is 18.4 Å². The molecule has 1 fully saturated rings. The number of nitrogens with one attached hydrogen (secondary N) is 2. The molecule has 0 aliphatic carbocycles. The monoisotopic (exact) mass is 532 g/mol. The number of ether oxygens (including phenoxy) is 1. The van der Waals surface area contributed by atoms with Gasteiger partial charge in [0, 0.05) is 49.8 Å². The minimum Gasteiger partial charge on any atom is -0.465 e. The van der Waals surface area contributed by atoms with Crippen LogP contribution in [0, 0.1) is 13.8 Å². The molecule has 3 aromatic rings. The fourth-order valence-corrected chi connectivity index (χ4v) is 4.75. The minimum atomic E-state index is -2.74. The van der Waals surface area contributed by atoms with Crippen LogP contribution in [0.15, 0.2) is 30.5 Å². The number of thiazole rings is 1. The maximum Gasteiger partial charge on any atom is 0.302 e. The molecule has 0 saturated carbocycles.